The lowest BCUT2D eigenvalue weighted by atomic mass is 9.82. The van der Waals surface area contributed by atoms with Crippen molar-refractivity contribution in [3.63, 3.8) is 0 Å². The van der Waals surface area contributed by atoms with Gasteiger partial charge in [0.05, 0.1) is 0 Å². The molecule has 39 heavy (non-hydrogen) atoms. The smallest absolute Gasteiger partial charge is 0.0158 e. The summed E-state index contributed by atoms with van der Waals surface area (Å²) >= 11 is 0. The Kier molecular flexibility index (Phi) is 4.67. The minimum Gasteiger partial charge on any atom is -0.0622 e. The molecule has 0 nitrogen and oxygen atoms in total. The molecule has 0 spiro atoms. The summed E-state index contributed by atoms with van der Waals surface area (Å²) in [7, 11) is 0. The van der Waals surface area contributed by atoms with E-state index in [1.165, 1.54) is 76.8 Å². The van der Waals surface area contributed by atoms with Gasteiger partial charge in [-0.15, -0.1) is 0 Å². The van der Waals surface area contributed by atoms with E-state index in [9.17, 15) is 0 Å². The molecule has 7 aromatic carbocycles. The molecule has 8 rings (SSSR count). The van der Waals surface area contributed by atoms with Crippen LogP contribution in [0.2, 0.25) is 0 Å². The summed E-state index contributed by atoms with van der Waals surface area (Å²) in [5.41, 5.74) is 10.7. The second-order valence-electron chi connectivity index (χ2n) is 11.3. The average molecular weight is 497 g/mol. The van der Waals surface area contributed by atoms with Gasteiger partial charge in [0.15, 0.2) is 0 Å². The summed E-state index contributed by atoms with van der Waals surface area (Å²) in [5, 5.41) is 7.82. The zero-order chi connectivity index (χ0) is 26.1. The minimum absolute atomic E-state index is 0.0133. The average Bonchev–Trinajstić information content (AvgIpc) is 3.22. The number of rotatable bonds is 2. The Morgan fingerprint density at radius 2 is 0.923 bits per heavy atom. The van der Waals surface area contributed by atoms with Crippen molar-refractivity contribution in [1.82, 2.24) is 0 Å². The molecule has 0 heteroatoms. The minimum atomic E-state index is 0.0133. The summed E-state index contributed by atoms with van der Waals surface area (Å²) in [6, 6.07) is 49.4. The van der Waals surface area contributed by atoms with E-state index in [2.05, 4.69) is 147 Å². The Bertz CT molecular complexity index is 2080. The molecule has 184 valence electrons. The van der Waals surface area contributed by atoms with Crippen LogP contribution in [0, 0.1) is 0 Å². The molecule has 0 bridgehead atoms. The van der Waals surface area contributed by atoms with Crippen LogP contribution < -0.4 is 0 Å². The molecular weight excluding hydrogens is 468 g/mol. The van der Waals surface area contributed by atoms with Gasteiger partial charge in [-0.05, 0) is 95.0 Å². The highest BCUT2D eigenvalue weighted by atomic mass is 14.4. The van der Waals surface area contributed by atoms with E-state index in [4.69, 9.17) is 0 Å². The molecule has 0 fully saturated rings. The fourth-order valence-corrected chi connectivity index (χ4v) is 6.96. The van der Waals surface area contributed by atoms with Gasteiger partial charge >= 0.3 is 0 Å². The van der Waals surface area contributed by atoms with Crippen molar-refractivity contribution < 1.29 is 0 Å². The first-order chi connectivity index (χ1) is 19.1. The highest BCUT2D eigenvalue weighted by Crippen LogP contribution is 2.50. The number of benzene rings is 7. The molecule has 0 atom stereocenters. The monoisotopic (exact) mass is 496 g/mol. The molecule has 1 aliphatic rings. The molecule has 0 saturated carbocycles. The van der Waals surface area contributed by atoms with E-state index in [0.29, 0.717) is 0 Å². The molecule has 1 aliphatic carbocycles. The van der Waals surface area contributed by atoms with Crippen LogP contribution in [-0.2, 0) is 5.41 Å². The first-order valence-corrected chi connectivity index (χ1v) is 13.8. The van der Waals surface area contributed by atoms with Crippen LogP contribution in [0.1, 0.15) is 25.0 Å². The molecule has 0 amide bonds. The fourth-order valence-electron chi connectivity index (χ4n) is 6.96. The fraction of sp³-hybridized carbons (Fsp3) is 0.0769. The van der Waals surface area contributed by atoms with Crippen LogP contribution in [-0.4, -0.2) is 0 Å². The third kappa shape index (κ3) is 3.18. The van der Waals surface area contributed by atoms with Crippen molar-refractivity contribution in [2.75, 3.05) is 0 Å². The quantitative estimate of drug-likeness (QED) is 0.209. The van der Waals surface area contributed by atoms with Gasteiger partial charge in [0.25, 0.3) is 0 Å². The summed E-state index contributed by atoms with van der Waals surface area (Å²) in [5.74, 6) is 0. The molecule has 0 saturated heterocycles. The first kappa shape index (κ1) is 22.3. The summed E-state index contributed by atoms with van der Waals surface area (Å²) in [6.45, 7) is 4.69. The van der Waals surface area contributed by atoms with Crippen molar-refractivity contribution in [3.05, 3.63) is 145 Å². The van der Waals surface area contributed by atoms with Gasteiger partial charge in [-0.25, -0.2) is 0 Å². The van der Waals surface area contributed by atoms with Gasteiger partial charge in [0.2, 0.25) is 0 Å². The first-order valence-electron chi connectivity index (χ1n) is 13.8. The van der Waals surface area contributed by atoms with E-state index in [0.717, 1.165) is 0 Å². The maximum absolute atomic E-state index is 2.43. The number of fused-ring (bicyclic) bond motifs is 8. The molecule has 0 radical (unpaired) electrons. The SMILES string of the molecule is CC1(C)c2ccccc2-c2cc(-c3cc4cc(-c5ccccc5)c5ccccc5c4c4ccccc34)ccc21. The van der Waals surface area contributed by atoms with E-state index < -0.39 is 0 Å². The van der Waals surface area contributed by atoms with Crippen molar-refractivity contribution >= 4 is 32.3 Å². The third-order valence-electron chi connectivity index (χ3n) is 8.84. The summed E-state index contributed by atoms with van der Waals surface area (Å²) in [6.07, 6.45) is 0. The molecular formula is C39H28. The van der Waals surface area contributed by atoms with Crippen LogP contribution in [0.5, 0.6) is 0 Å². The maximum atomic E-state index is 2.43. The van der Waals surface area contributed by atoms with Gasteiger partial charge in [-0.1, -0.05) is 129 Å². The molecule has 0 unspecified atom stereocenters. The highest BCUT2D eigenvalue weighted by molar-refractivity contribution is 6.25. The zero-order valence-corrected chi connectivity index (χ0v) is 22.2. The second kappa shape index (κ2) is 8.16. The predicted molar refractivity (Wildman–Crippen MR) is 167 cm³/mol. The molecule has 0 aromatic heterocycles. The van der Waals surface area contributed by atoms with Crippen molar-refractivity contribution in [2.45, 2.75) is 19.3 Å². The van der Waals surface area contributed by atoms with E-state index in [-0.39, 0.29) is 5.41 Å². The van der Waals surface area contributed by atoms with Gasteiger partial charge in [-0.3, -0.25) is 0 Å². The topological polar surface area (TPSA) is 0 Å². The molecule has 0 aliphatic heterocycles. The lowest BCUT2D eigenvalue weighted by molar-refractivity contribution is 0.660. The highest BCUT2D eigenvalue weighted by Gasteiger charge is 2.35. The number of hydrogen-bond acceptors (Lipinski definition) is 0. The predicted octanol–water partition coefficient (Wildman–Crippen LogP) is 10.8. The zero-order valence-electron chi connectivity index (χ0n) is 22.2. The van der Waals surface area contributed by atoms with Gasteiger partial charge in [-0.2, -0.15) is 0 Å². The van der Waals surface area contributed by atoms with Gasteiger partial charge < -0.3 is 0 Å². The third-order valence-corrected chi connectivity index (χ3v) is 8.84. The van der Waals surface area contributed by atoms with Crippen molar-refractivity contribution in [1.29, 1.82) is 0 Å². The van der Waals surface area contributed by atoms with E-state index in [1.54, 1.807) is 0 Å². The van der Waals surface area contributed by atoms with Gasteiger partial charge in [0, 0.05) is 5.41 Å². The van der Waals surface area contributed by atoms with Crippen LogP contribution in [0.4, 0.5) is 0 Å². The Balaban J connectivity index is 1.46. The molecule has 0 N–H and O–H groups in total. The van der Waals surface area contributed by atoms with Crippen molar-refractivity contribution in [3.8, 4) is 33.4 Å². The Morgan fingerprint density at radius 1 is 0.385 bits per heavy atom. The van der Waals surface area contributed by atoms with Gasteiger partial charge in [0.1, 0.15) is 0 Å². The Labute approximate surface area is 229 Å². The lowest BCUT2D eigenvalue weighted by Gasteiger charge is -2.21. The second-order valence-corrected chi connectivity index (χ2v) is 11.3. The Morgan fingerprint density at radius 3 is 1.62 bits per heavy atom. The largest absolute Gasteiger partial charge is 0.0622 e. The summed E-state index contributed by atoms with van der Waals surface area (Å²) in [4.78, 5) is 0. The Hall–Kier alpha value is -4.68. The van der Waals surface area contributed by atoms with Crippen molar-refractivity contribution in [2.24, 2.45) is 0 Å². The molecule has 0 heterocycles. The van der Waals surface area contributed by atoms with Crippen LogP contribution in [0.25, 0.3) is 65.7 Å². The van der Waals surface area contributed by atoms with Crippen LogP contribution >= 0.6 is 0 Å². The summed E-state index contributed by atoms with van der Waals surface area (Å²) < 4.78 is 0. The standard InChI is InChI=1S/C39H28/c1-39(2)36-19-11-10-16-30(36)35-22-26(20-21-37(35)39)34-24-27-23-33(25-12-4-3-5-13-25)28-14-6-8-17-31(28)38(27)32-18-9-7-15-29(32)34/h3-24H,1-2H3. The van der Waals surface area contributed by atoms with E-state index in [1.807, 2.05) is 0 Å². The van der Waals surface area contributed by atoms with E-state index >= 15 is 0 Å². The van der Waals surface area contributed by atoms with Crippen LogP contribution in [0.15, 0.2) is 133 Å². The number of hydrogen-bond donors (Lipinski definition) is 0. The lowest BCUT2D eigenvalue weighted by Crippen LogP contribution is -2.14. The maximum Gasteiger partial charge on any atom is 0.0158 e. The van der Waals surface area contributed by atoms with Crippen LogP contribution in [0.3, 0.4) is 0 Å². The normalized spacial score (nSPS) is 13.6. The molecule has 7 aromatic rings.